The van der Waals surface area contributed by atoms with Gasteiger partial charge in [-0.2, -0.15) is 12.8 Å². The lowest BCUT2D eigenvalue weighted by atomic mass is 9.98. The Morgan fingerprint density at radius 3 is 2.74 bits per heavy atom. The zero-order valence-electron chi connectivity index (χ0n) is 12.6. The minimum absolute atomic E-state index is 0.170. The van der Waals surface area contributed by atoms with E-state index in [1.54, 1.807) is 12.1 Å². The summed E-state index contributed by atoms with van der Waals surface area (Å²) in [5.41, 5.74) is 3.68. The number of sulfonamides is 1. The summed E-state index contributed by atoms with van der Waals surface area (Å²) in [5.74, 6) is 1.03. The number of rotatable bonds is 3. The predicted molar refractivity (Wildman–Crippen MR) is 91.0 cm³/mol. The molecule has 1 aliphatic rings. The Labute approximate surface area is 134 Å². The van der Waals surface area contributed by atoms with E-state index in [9.17, 15) is 8.42 Å². The fourth-order valence-electron chi connectivity index (χ4n) is 3.28. The van der Waals surface area contributed by atoms with Gasteiger partial charge in [-0.05, 0) is 61.6 Å². The van der Waals surface area contributed by atoms with E-state index in [4.69, 9.17) is 0 Å². The average Bonchev–Trinajstić information content (AvgIpc) is 3.17. The molecule has 0 aliphatic heterocycles. The molecule has 1 aromatic carbocycles. The van der Waals surface area contributed by atoms with Gasteiger partial charge in [0.05, 0.1) is 10.4 Å². The summed E-state index contributed by atoms with van der Waals surface area (Å²) in [6.07, 6.45) is 6.65. The Kier molecular flexibility index (Phi) is 3.16. The van der Waals surface area contributed by atoms with Crippen molar-refractivity contribution >= 4 is 27.6 Å². The van der Waals surface area contributed by atoms with Gasteiger partial charge in [-0.15, -0.1) is 0 Å². The highest BCUT2D eigenvalue weighted by Gasteiger charge is 2.16. The van der Waals surface area contributed by atoms with E-state index in [1.165, 1.54) is 24.1 Å². The normalized spacial score (nSPS) is 14.8. The maximum atomic E-state index is 11.8. The van der Waals surface area contributed by atoms with Crippen molar-refractivity contribution in [1.82, 2.24) is 9.55 Å². The highest BCUT2D eigenvalue weighted by molar-refractivity contribution is 7.90. The number of nitrogens with zero attached hydrogens (tertiary/aromatic N) is 2. The van der Waals surface area contributed by atoms with Gasteiger partial charge < -0.3 is 9.55 Å². The minimum Gasteiger partial charge on any atom is -0.345 e. The molecule has 2 heterocycles. The van der Waals surface area contributed by atoms with Crippen LogP contribution in [0.1, 0.15) is 24.1 Å². The maximum absolute atomic E-state index is 11.8. The topological polar surface area (TPSA) is 67.2 Å². The Morgan fingerprint density at radius 1 is 1.13 bits per heavy atom. The highest BCUT2D eigenvalue weighted by Crippen LogP contribution is 2.27. The molecule has 1 N–H and O–H groups in total. The van der Waals surface area contributed by atoms with Crippen molar-refractivity contribution in [2.45, 2.75) is 30.6 Å². The molecule has 0 saturated heterocycles. The summed E-state index contributed by atoms with van der Waals surface area (Å²) < 4.78 is 28.9. The number of aromatic nitrogens is 2. The number of aromatic amines is 1. The van der Waals surface area contributed by atoms with Gasteiger partial charge in [0.1, 0.15) is 5.82 Å². The van der Waals surface area contributed by atoms with Crippen LogP contribution in [0.5, 0.6) is 0 Å². The van der Waals surface area contributed by atoms with E-state index in [1.807, 2.05) is 18.3 Å². The van der Waals surface area contributed by atoms with Gasteiger partial charge in [0.25, 0.3) is 10.0 Å². The molecule has 2 aromatic heterocycles. The number of H-pyrrole nitrogens is 1. The molecule has 6 heteroatoms. The molecule has 23 heavy (non-hydrogen) atoms. The van der Waals surface area contributed by atoms with Crippen LogP contribution in [0.4, 0.5) is 0 Å². The first kappa shape index (κ1) is 14.3. The Bertz CT molecular complexity index is 988. The van der Waals surface area contributed by atoms with Gasteiger partial charge in [-0.1, -0.05) is 0 Å². The van der Waals surface area contributed by atoms with Crippen LogP contribution in [-0.4, -0.2) is 24.7 Å². The Balaban J connectivity index is 1.83. The van der Waals surface area contributed by atoms with Crippen molar-refractivity contribution < 1.29 is 8.42 Å². The highest BCUT2D eigenvalue weighted by atomic mass is 32.2. The number of aryl methyl sites for hydroxylation is 2. The second-order valence-electron chi connectivity index (χ2n) is 5.88. The van der Waals surface area contributed by atoms with E-state index in [0.29, 0.717) is 0 Å². The lowest BCUT2D eigenvalue weighted by Crippen LogP contribution is -1.99. The summed E-state index contributed by atoms with van der Waals surface area (Å²) in [7, 11) is -3.65. The minimum atomic E-state index is -3.65. The standard InChI is InChI=1S/C17H17N3O2S/c1-18-23(21,22)14-6-7-16-13(10-14)8-9-20(16)17-11-12-4-2-3-5-15(12)19-17/h6-11,19H,1-5H2. The molecule has 4 rings (SSSR count). The number of benzene rings is 1. The zero-order valence-corrected chi connectivity index (χ0v) is 13.4. The summed E-state index contributed by atoms with van der Waals surface area (Å²) in [6, 6.07) is 9.14. The number of hydrogen-bond acceptors (Lipinski definition) is 2. The summed E-state index contributed by atoms with van der Waals surface area (Å²) in [4.78, 5) is 3.67. The molecule has 3 aromatic rings. The molecule has 5 nitrogen and oxygen atoms in total. The first-order valence-corrected chi connectivity index (χ1v) is 9.08. The third kappa shape index (κ3) is 2.30. The SMILES string of the molecule is C=NS(=O)(=O)c1ccc2c(ccn2-c2cc3c([nH]2)CCCC3)c1. The molecule has 0 fully saturated rings. The molecule has 0 amide bonds. The van der Waals surface area contributed by atoms with Gasteiger partial charge in [0.2, 0.25) is 0 Å². The van der Waals surface area contributed by atoms with Crippen LogP contribution in [0.15, 0.2) is 45.8 Å². The Hall–Kier alpha value is -2.34. The Morgan fingerprint density at radius 2 is 1.96 bits per heavy atom. The van der Waals surface area contributed by atoms with Crippen LogP contribution in [0.2, 0.25) is 0 Å². The molecule has 1 aliphatic carbocycles. The monoisotopic (exact) mass is 327 g/mol. The van der Waals surface area contributed by atoms with Gasteiger partial charge in [-0.3, -0.25) is 0 Å². The van der Waals surface area contributed by atoms with Crippen LogP contribution in [-0.2, 0) is 22.9 Å². The molecule has 0 spiro atoms. The molecule has 0 unspecified atom stereocenters. The molecular formula is C17H17N3O2S. The quantitative estimate of drug-likeness (QED) is 0.751. The van der Waals surface area contributed by atoms with Crippen molar-refractivity contribution in [3.63, 3.8) is 0 Å². The maximum Gasteiger partial charge on any atom is 0.281 e. The fraction of sp³-hybridized carbons (Fsp3) is 0.235. The summed E-state index contributed by atoms with van der Waals surface area (Å²) in [5, 5.41) is 0.863. The van der Waals surface area contributed by atoms with Crippen LogP contribution in [0, 0.1) is 0 Å². The second-order valence-corrected chi connectivity index (χ2v) is 7.56. The first-order valence-electron chi connectivity index (χ1n) is 7.64. The van der Waals surface area contributed by atoms with E-state index in [0.717, 1.165) is 29.6 Å². The largest absolute Gasteiger partial charge is 0.345 e. The molecule has 118 valence electrons. The van der Waals surface area contributed by atoms with E-state index >= 15 is 0 Å². The molecule has 0 bridgehead atoms. The van der Waals surface area contributed by atoms with Crippen molar-refractivity contribution in [3.8, 4) is 5.82 Å². The molecule has 0 radical (unpaired) electrons. The number of hydrogen-bond donors (Lipinski definition) is 1. The van der Waals surface area contributed by atoms with Crippen molar-refractivity contribution in [3.05, 3.63) is 47.8 Å². The summed E-state index contributed by atoms with van der Waals surface area (Å²) >= 11 is 0. The fourth-order valence-corrected chi connectivity index (χ4v) is 3.95. The third-order valence-electron chi connectivity index (χ3n) is 4.49. The number of fused-ring (bicyclic) bond motifs is 2. The zero-order chi connectivity index (χ0) is 16.0. The van der Waals surface area contributed by atoms with Crippen LogP contribution < -0.4 is 0 Å². The number of nitrogens with one attached hydrogen (secondary N) is 1. The predicted octanol–water partition coefficient (Wildman–Crippen LogP) is 3.23. The second kappa shape index (κ2) is 5.09. The van der Waals surface area contributed by atoms with E-state index < -0.39 is 10.0 Å². The molecule has 0 atom stereocenters. The lowest BCUT2D eigenvalue weighted by Gasteiger charge is -2.08. The van der Waals surface area contributed by atoms with Crippen LogP contribution in [0.25, 0.3) is 16.7 Å². The molecule has 0 saturated carbocycles. The van der Waals surface area contributed by atoms with Crippen molar-refractivity contribution in [2.75, 3.05) is 0 Å². The van der Waals surface area contributed by atoms with Crippen molar-refractivity contribution in [1.29, 1.82) is 0 Å². The van der Waals surface area contributed by atoms with E-state index in [-0.39, 0.29) is 4.90 Å². The lowest BCUT2D eigenvalue weighted by molar-refractivity contribution is 0.598. The van der Waals surface area contributed by atoms with Crippen LogP contribution >= 0.6 is 0 Å². The van der Waals surface area contributed by atoms with Crippen molar-refractivity contribution in [2.24, 2.45) is 4.40 Å². The average molecular weight is 327 g/mol. The van der Waals surface area contributed by atoms with Gasteiger partial charge in [0, 0.05) is 24.0 Å². The molecular weight excluding hydrogens is 310 g/mol. The van der Waals surface area contributed by atoms with Gasteiger partial charge >= 0.3 is 0 Å². The van der Waals surface area contributed by atoms with E-state index in [2.05, 4.69) is 26.7 Å². The van der Waals surface area contributed by atoms with Crippen LogP contribution in [0.3, 0.4) is 0 Å². The third-order valence-corrected chi connectivity index (χ3v) is 5.68. The van der Waals surface area contributed by atoms with Gasteiger partial charge in [-0.25, -0.2) is 0 Å². The first-order chi connectivity index (χ1) is 11.1. The van der Waals surface area contributed by atoms with Gasteiger partial charge in [0.15, 0.2) is 0 Å². The summed E-state index contributed by atoms with van der Waals surface area (Å²) in [6.45, 7) is 3.13. The smallest absolute Gasteiger partial charge is 0.281 e.